The zero-order chi connectivity index (χ0) is 10.8. The van der Waals surface area contributed by atoms with Crippen molar-refractivity contribution in [2.45, 2.75) is 12.7 Å². The van der Waals surface area contributed by atoms with Crippen LogP contribution in [0, 0.1) is 0 Å². The first kappa shape index (κ1) is 10.8. The number of hydrogen-bond acceptors (Lipinski definition) is 2. The summed E-state index contributed by atoms with van der Waals surface area (Å²) >= 11 is 0. The third kappa shape index (κ3) is 2.14. The zero-order valence-electron chi connectivity index (χ0n) is 7.21. The van der Waals surface area contributed by atoms with Gasteiger partial charge in [-0.2, -0.15) is 13.2 Å². The molecule has 0 aliphatic heterocycles. The Labute approximate surface area is 78.0 Å². The highest BCUT2D eigenvalue weighted by Gasteiger charge is 2.33. The van der Waals surface area contributed by atoms with Gasteiger partial charge in [-0.05, 0) is 6.07 Å². The lowest BCUT2D eigenvalue weighted by molar-refractivity contribution is -0.144. The molecule has 0 fully saturated rings. The summed E-state index contributed by atoms with van der Waals surface area (Å²) in [5, 5.41) is 0. The number of nitrogens with zero attached hydrogens (tertiary/aromatic N) is 1. The minimum Gasteiger partial charge on any atom is -0.329 e. The van der Waals surface area contributed by atoms with E-state index in [1.165, 1.54) is 0 Å². The number of halogens is 3. The molecule has 0 aromatic carbocycles. The summed E-state index contributed by atoms with van der Waals surface area (Å²) in [6.45, 7) is -0.137. The average Bonchev–Trinajstić information content (AvgIpc) is 2.07. The fourth-order valence-corrected chi connectivity index (χ4v) is 1.13. The van der Waals surface area contributed by atoms with Crippen LogP contribution in [0.25, 0.3) is 0 Å². The Morgan fingerprint density at radius 1 is 1.36 bits per heavy atom. The van der Waals surface area contributed by atoms with Crippen LogP contribution in [0.3, 0.4) is 0 Å². The van der Waals surface area contributed by atoms with E-state index in [-0.39, 0.29) is 13.1 Å². The molecule has 78 valence electrons. The van der Waals surface area contributed by atoms with Crippen LogP contribution in [0.2, 0.25) is 0 Å². The highest BCUT2D eigenvalue weighted by Crippen LogP contribution is 2.27. The van der Waals surface area contributed by atoms with Gasteiger partial charge in [0.1, 0.15) is 5.69 Å². The van der Waals surface area contributed by atoms with Crippen LogP contribution in [-0.2, 0) is 12.7 Å². The lowest BCUT2D eigenvalue weighted by atomic mass is 10.3. The van der Waals surface area contributed by atoms with Crippen molar-refractivity contribution in [1.29, 1.82) is 0 Å². The highest BCUT2D eigenvalue weighted by atomic mass is 19.4. The molecule has 2 N–H and O–H groups in total. The maximum atomic E-state index is 12.4. The van der Waals surface area contributed by atoms with Gasteiger partial charge < -0.3 is 10.3 Å². The molecule has 0 aliphatic rings. The third-order valence-electron chi connectivity index (χ3n) is 1.69. The Kier molecular flexibility index (Phi) is 2.95. The van der Waals surface area contributed by atoms with Gasteiger partial charge in [0.05, 0.1) is 0 Å². The monoisotopic (exact) mass is 206 g/mol. The fourth-order valence-electron chi connectivity index (χ4n) is 1.13. The Morgan fingerprint density at radius 2 is 2.00 bits per heavy atom. The van der Waals surface area contributed by atoms with E-state index in [2.05, 4.69) is 0 Å². The molecule has 3 nitrogen and oxygen atoms in total. The van der Waals surface area contributed by atoms with E-state index in [9.17, 15) is 18.0 Å². The number of pyridine rings is 1. The van der Waals surface area contributed by atoms with Gasteiger partial charge in [-0.1, -0.05) is 6.07 Å². The molecule has 0 atom stereocenters. The fraction of sp³-hybridized carbons (Fsp3) is 0.375. The summed E-state index contributed by atoms with van der Waals surface area (Å²) in [5.41, 5.74) is 3.46. The second kappa shape index (κ2) is 3.83. The van der Waals surface area contributed by atoms with Crippen molar-refractivity contribution in [2.75, 3.05) is 6.54 Å². The van der Waals surface area contributed by atoms with Gasteiger partial charge >= 0.3 is 6.18 Å². The van der Waals surface area contributed by atoms with Gasteiger partial charge in [-0.3, -0.25) is 4.79 Å². The Bertz CT molecular complexity index is 370. The number of alkyl halides is 3. The number of nitrogens with two attached hydrogens (primary N) is 1. The molecule has 0 spiro atoms. The van der Waals surface area contributed by atoms with E-state index >= 15 is 0 Å². The van der Waals surface area contributed by atoms with Crippen molar-refractivity contribution in [3.63, 3.8) is 0 Å². The normalized spacial score (nSPS) is 11.7. The largest absolute Gasteiger partial charge is 0.431 e. The molecule has 0 amide bonds. The number of rotatable bonds is 2. The second-order valence-corrected chi connectivity index (χ2v) is 2.69. The molecule has 0 unspecified atom stereocenters. The summed E-state index contributed by atoms with van der Waals surface area (Å²) < 4.78 is 37.7. The molecule has 1 aromatic rings. The van der Waals surface area contributed by atoms with Crippen molar-refractivity contribution < 1.29 is 13.2 Å². The molecule has 0 saturated carbocycles. The zero-order valence-corrected chi connectivity index (χ0v) is 7.21. The lowest BCUT2D eigenvalue weighted by Crippen LogP contribution is -2.29. The van der Waals surface area contributed by atoms with Crippen molar-refractivity contribution in [1.82, 2.24) is 4.57 Å². The summed E-state index contributed by atoms with van der Waals surface area (Å²) in [7, 11) is 0. The molecule has 6 heteroatoms. The summed E-state index contributed by atoms with van der Waals surface area (Å²) in [4.78, 5) is 11.1. The quantitative estimate of drug-likeness (QED) is 0.778. The highest BCUT2D eigenvalue weighted by molar-refractivity contribution is 5.10. The van der Waals surface area contributed by atoms with Crippen LogP contribution < -0.4 is 11.3 Å². The van der Waals surface area contributed by atoms with Gasteiger partial charge in [0, 0.05) is 19.2 Å². The van der Waals surface area contributed by atoms with E-state index in [1.54, 1.807) is 0 Å². The van der Waals surface area contributed by atoms with Crippen molar-refractivity contribution in [2.24, 2.45) is 5.73 Å². The SMILES string of the molecule is NCCn1c(C(F)(F)F)cccc1=O. The van der Waals surface area contributed by atoms with Crippen LogP contribution in [0.15, 0.2) is 23.0 Å². The number of aromatic nitrogens is 1. The minimum absolute atomic E-state index is 0.00694. The van der Waals surface area contributed by atoms with Crippen LogP contribution in [0.5, 0.6) is 0 Å². The standard InChI is InChI=1S/C8H9F3N2O/c9-8(10,11)6-2-1-3-7(14)13(6)5-4-12/h1-3H,4-5,12H2. The summed E-state index contributed by atoms with van der Waals surface area (Å²) in [6, 6.07) is 3.01. The van der Waals surface area contributed by atoms with Crippen molar-refractivity contribution in [3.05, 3.63) is 34.2 Å². The van der Waals surface area contributed by atoms with Crippen LogP contribution in [0.1, 0.15) is 5.69 Å². The van der Waals surface area contributed by atoms with Crippen molar-refractivity contribution in [3.8, 4) is 0 Å². The first-order chi connectivity index (χ1) is 6.46. The molecule has 1 aromatic heterocycles. The summed E-state index contributed by atoms with van der Waals surface area (Å²) in [5.74, 6) is 0. The Balaban J connectivity index is 3.29. The van der Waals surface area contributed by atoms with E-state index in [0.29, 0.717) is 4.57 Å². The van der Waals surface area contributed by atoms with Crippen LogP contribution >= 0.6 is 0 Å². The van der Waals surface area contributed by atoms with Gasteiger partial charge in [-0.15, -0.1) is 0 Å². The molecule has 0 radical (unpaired) electrons. The van der Waals surface area contributed by atoms with E-state index in [4.69, 9.17) is 5.73 Å². The van der Waals surface area contributed by atoms with Crippen molar-refractivity contribution >= 4 is 0 Å². The lowest BCUT2D eigenvalue weighted by Gasteiger charge is -2.13. The summed E-state index contributed by atoms with van der Waals surface area (Å²) in [6.07, 6.45) is -4.52. The topological polar surface area (TPSA) is 48.0 Å². The molecule has 1 rings (SSSR count). The molecule has 1 heterocycles. The van der Waals surface area contributed by atoms with E-state index < -0.39 is 17.4 Å². The smallest absolute Gasteiger partial charge is 0.329 e. The first-order valence-electron chi connectivity index (χ1n) is 3.94. The first-order valence-corrected chi connectivity index (χ1v) is 3.94. The van der Waals surface area contributed by atoms with Crippen LogP contribution in [-0.4, -0.2) is 11.1 Å². The second-order valence-electron chi connectivity index (χ2n) is 2.69. The molecular formula is C8H9F3N2O. The van der Waals surface area contributed by atoms with Gasteiger partial charge in [0.2, 0.25) is 0 Å². The average molecular weight is 206 g/mol. The molecule has 0 saturated heterocycles. The molecule has 0 aliphatic carbocycles. The molecule has 14 heavy (non-hydrogen) atoms. The third-order valence-corrected chi connectivity index (χ3v) is 1.69. The van der Waals surface area contributed by atoms with Gasteiger partial charge in [-0.25, -0.2) is 0 Å². The van der Waals surface area contributed by atoms with E-state index in [0.717, 1.165) is 18.2 Å². The van der Waals surface area contributed by atoms with Gasteiger partial charge in [0.15, 0.2) is 0 Å². The molecular weight excluding hydrogens is 197 g/mol. The maximum absolute atomic E-state index is 12.4. The Hall–Kier alpha value is -1.30. The predicted octanol–water partition coefficient (Wildman–Crippen LogP) is 0.826. The maximum Gasteiger partial charge on any atom is 0.431 e. The minimum atomic E-state index is -4.52. The van der Waals surface area contributed by atoms with Gasteiger partial charge in [0.25, 0.3) is 5.56 Å². The van der Waals surface area contributed by atoms with Crippen LogP contribution in [0.4, 0.5) is 13.2 Å². The number of hydrogen-bond donors (Lipinski definition) is 1. The van der Waals surface area contributed by atoms with E-state index in [1.807, 2.05) is 0 Å². The Morgan fingerprint density at radius 3 is 2.50 bits per heavy atom. The predicted molar refractivity (Wildman–Crippen MR) is 44.8 cm³/mol. The molecule has 0 bridgehead atoms.